The van der Waals surface area contributed by atoms with Crippen LogP contribution in [0.2, 0.25) is 0 Å². The van der Waals surface area contributed by atoms with Crippen LogP contribution in [0.25, 0.3) is 17.1 Å². The van der Waals surface area contributed by atoms with E-state index >= 15 is 0 Å². The molecule has 2 nitrogen and oxygen atoms in total. The fourth-order valence-electron chi connectivity index (χ4n) is 3.41. The molecule has 2 aromatic carbocycles. The third-order valence-electron chi connectivity index (χ3n) is 4.67. The molecule has 0 N–H and O–H groups in total. The van der Waals surface area contributed by atoms with Crippen LogP contribution in [0.5, 0.6) is 0 Å². The van der Waals surface area contributed by atoms with Gasteiger partial charge >= 0.3 is 0 Å². The molecule has 30 heavy (non-hydrogen) atoms. The van der Waals surface area contributed by atoms with Crippen LogP contribution in [-0.2, 0) is 12.8 Å². The molecule has 4 heteroatoms. The van der Waals surface area contributed by atoms with E-state index in [2.05, 4.69) is 94.8 Å². The van der Waals surface area contributed by atoms with Crippen molar-refractivity contribution < 1.29 is 3.89 Å². The van der Waals surface area contributed by atoms with Gasteiger partial charge in [0.15, 0.2) is 0 Å². The maximum Gasteiger partial charge on any atom is 0.144 e. The molecule has 1 aromatic heterocycles. The second kappa shape index (κ2) is 14.0. The highest BCUT2D eigenvalue weighted by Gasteiger charge is 2.16. The van der Waals surface area contributed by atoms with Crippen molar-refractivity contribution in [2.75, 3.05) is 6.26 Å². The summed E-state index contributed by atoms with van der Waals surface area (Å²) in [6, 6.07) is 15.2. The molecule has 0 radical (unpaired) electrons. The minimum Gasteiger partial charge on any atom is -0.299 e. The summed E-state index contributed by atoms with van der Waals surface area (Å²) < 4.78 is 12.5. The van der Waals surface area contributed by atoms with Gasteiger partial charge in [0.1, 0.15) is 5.82 Å². The van der Waals surface area contributed by atoms with Crippen molar-refractivity contribution in [3.05, 3.63) is 71.5 Å². The monoisotopic (exact) mass is 428 g/mol. The number of benzene rings is 2. The number of halogens is 1. The van der Waals surface area contributed by atoms with Gasteiger partial charge in [-0.1, -0.05) is 90.4 Å². The van der Waals surface area contributed by atoms with Crippen molar-refractivity contribution in [3.63, 3.8) is 0 Å². The lowest BCUT2D eigenvalue weighted by molar-refractivity contribution is 0.864. The van der Waals surface area contributed by atoms with Crippen molar-refractivity contribution in [1.82, 2.24) is 9.55 Å². The average Bonchev–Trinajstić information content (AvgIpc) is 3.23. The summed E-state index contributed by atoms with van der Waals surface area (Å²) in [6.07, 6.45) is 8.68. The van der Waals surface area contributed by atoms with Crippen molar-refractivity contribution in [1.29, 1.82) is 0 Å². The Labute approximate surface area is 187 Å². The summed E-state index contributed by atoms with van der Waals surface area (Å²) >= 11 is 0.250. The van der Waals surface area contributed by atoms with Crippen molar-refractivity contribution in [2.24, 2.45) is 0 Å². The lowest BCUT2D eigenvalue weighted by atomic mass is 9.96. The highest BCUT2D eigenvalue weighted by Crippen LogP contribution is 2.31. The molecule has 0 aliphatic heterocycles. The van der Waals surface area contributed by atoms with E-state index in [-0.39, 0.29) is 12.1 Å². The first kappa shape index (κ1) is 26.0. The Kier molecular flexibility index (Phi) is 12.1. The first-order chi connectivity index (χ1) is 14.5. The lowest BCUT2D eigenvalue weighted by Crippen LogP contribution is -2.06. The van der Waals surface area contributed by atoms with Crippen LogP contribution in [0.1, 0.15) is 70.6 Å². The van der Waals surface area contributed by atoms with Crippen LogP contribution >= 0.6 is 12.1 Å². The molecular weight excluding hydrogens is 391 g/mol. The predicted molar refractivity (Wildman–Crippen MR) is 132 cm³/mol. The Morgan fingerprint density at radius 1 is 0.933 bits per heavy atom. The summed E-state index contributed by atoms with van der Waals surface area (Å²) in [7, 11) is 0. The largest absolute Gasteiger partial charge is 0.299 e. The molecule has 0 aliphatic carbocycles. The van der Waals surface area contributed by atoms with Gasteiger partial charge in [-0.15, -0.1) is 0 Å². The lowest BCUT2D eigenvalue weighted by Gasteiger charge is -2.18. The molecular formula is C26H37FN2S. The third-order valence-corrected chi connectivity index (χ3v) is 4.67. The van der Waals surface area contributed by atoms with E-state index in [1.165, 1.54) is 40.6 Å². The number of rotatable bonds is 5. The fourth-order valence-corrected chi connectivity index (χ4v) is 3.41. The van der Waals surface area contributed by atoms with E-state index < -0.39 is 0 Å². The summed E-state index contributed by atoms with van der Waals surface area (Å²) in [5.41, 5.74) is 6.61. The highest BCUT2D eigenvalue weighted by molar-refractivity contribution is 7.93. The molecule has 0 aliphatic rings. The van der Waals surface area contributed by atoms with Gasteiger partial charge in [0.2, 0.25) is 0 Å². The third kappa shape index (κ3) is 6.73. The van der Waals surface area contributed by atoms with Crippen molar-refractivity contribution in [2.45, 2.75) is 66.7 Å². The van der Waals surface area contributed by atoms with E-state index in [0.717, 1.165) is 18.7 Å². The first-order valence-electron chi connectivity index (χ1n) is 10.9. The van der Waals surface area contributed by atoms with Gasteiger partial charge in [-0.25, -0.2) is 4.98 Å². The molecule has 0 spiro atoms. The van der Waals surface area contributed by atoms with Gasteiger partial charge in [-0.05, 0) is 35.4 Å². The van der Waals surface area contributed by atoms with E-state index in [1.807, 2.05) is 6.20 Å². The molecule has 0 saturated heterocycles. The van der Waals surface area contributed by atoms with Crippen LogP contribution in [0.4, 0.5) is 3.89 Å². The summed E-state index contributed by atoms with van der Waals surface area (Å²) in [5, 5.41) is 0. The van der Waals surface area contributed by atoms with Gasteiger partial charge in [0, 0.05) is 36.4 Å². The number of para-hydroxylation sites is 1. The highest BCUT2D eigenvalue weighted by atomic mass is 32.2. The average molecular weight is 429 g/mol. The zero-order valence-corrected chi connectivity index (χ0v) is 20.4. The number of hydrogen-bond donors (Lipinski definition) is 0. The Balaban J connectivity index is 0.000000672. The minimum absolute atomic E-state index is 0.250. The second-order valence-electron chi connectivity index (χ2n) is 7.36. The maximum absolute atomic E-state index is 10.2. The Morgan fingerprint density at radius 2 is 1.47 bits per heavy atom. The summed E-state index contributed by atoms with van der Waals surface area (Å²) in [5.74, 6) is 1.51. The van der Waals surface area contributed by atoms with Gasteiger partial charge in [0.05, 0.1) is 5.69 Å². The van der Waals surface area contributed by atoms with Crippen molar-refractivity contribution >= 4 is 12.1 Å². The van der Waals surface area contributed by atoms with Gasteiger partial charge in [-0.2, -0.15) is 3.89 Å². The SMILES string of the molecule is CCC.CCc1cccc(CC)c1-n1ccnc1-c1ccccc1C(C)C.CSF. The molecule has 3 aromatic rings. The number of hydrogen-bond acceptors (Lipinski definition) is 2. The van der Waals surface area contributed by atoms with Crippen LogP contribution < -0.4 is 0 Å². The molecule has 0 fully saturated rings. The zero-order valence-electron chi connectivity index (χ0n) is 19.6. The van der Waals surface area contributed by atoms with Gasteiger partial charge < -0.3 is 0 Å². The van der Waals surface area contributed by atoms with Crippen LogP contribution in [0, 0.1) is 0 Å². The molecule has 0 atom stereocenters. The summed E-state index contributed by atoms with van der Waals surface area (Å²) in [4.78, 5) is 4.72. The number of aromatic nitrogens is 2. The number of imidazole rings is 1. The normalized spacial score (nSPS) is 10.2. The fraction of sp³-hybridized carbons (Fsp3) is 0.423. The summed E-state index contributed by atoms with van der Waals surface area (Å²) in [6.45, 7) is 13.2. The maximum atomic E-state index is 10.2. The standard InChI is InChI=1S/C22H26N2.C3H8.CH3FS/c1-5-17-10-9-11-18(6-2)21(17)24-15-14-23-22(24)20-13-8-7-12-19(20)16(3)4;2*1-3-2/h7-16H,5-6H2,1-4H3;3H2,1-2H3;1H3. The zero-order chi connectivity index (χ0) is 22.5. The Bertz CT molecular complexity index is 847. The van der Waals surface area contributed by atoms with Crippen LogP contribution in [0.15, 0.2) is 54.9 Å². The molecule has 164 valence electrons. The van der Waals surface area contributed by atoms with Crippen LogP contribution in [-0.4, -0.2) is 15.8 Å². The molecule has 1 heterocycles. The Hall–Kier alpha value is -2.07. The minimum atomic E-state index is 0.250. The smallest absolute Gasteiger partial charge is 0.144 e. The quantitative estimate of drug-likeness (QED) is 0.406. The first-order valence-corrected chi connectivity index (χ1v) is 12.0. The van der Waals surface area contributed by atoms with Gasteiger partial charge in [0.25, 0.3) is 0 Å². The van der Waals surface area contributed by atoms with Gasteiger partial charge in [-0.3, -0.25) is 4.57 Å². The van der Waals surface area contributed by atoms with Crippen molar-refractivity contribution in [3.8, 4) is 17.1 Å². The molecule has 0 unspecified atom stereocenters. The number of nitrogens with zero attached hydrogens (tertiary/aromatic N) is 2. The van der Waals surface area contributed by atoms with E-state index in [0.29, 0.717) is 5.92 Å². The topological polar surface area (TPSA) is 17.8 Å². The molecule has 0 amide bonds. The second-order valence-corrected chi connectivity index (χ2v) is 7.66. The Morgan fingerprint density at radius 3 is 1.97 bits per heavy atom. The van der Waals surface area contributed by atoms with E-state index in [9.17, 15) is 3.89 Å². The molecule has 0 bridgehead atoms. The van der Waals surface area contributed by atoms with E-state index in [4.69, 9.17) is 4.98 Å². The molecule has 0 saturated carbocycles. The van der Waals surface area contributed by atoms with E-state index in [1.54, 1.807) is 0 Å². The van der Waals surface area contributed by atoms with Crippen LogP contribution in [0.3, 0.4) is 0 Å². The number of aryl methyl sites for hydroxylation is 2. The predicted octanol–water partition coefficient (Wildman–Crippen LogP) is 8.44. The molecule has 3 rings (SSSR count).